The fourth-order valence-electron chi connectivity index (χ4n) is 1.18. The molecule has 0 spiro atoms. The average Bonchev–Trinajstić information content (AvgIpc) is 2.25. The third kappa shape index (κ3) is 4.59. The number of hydrogen-bond acceptors (Lipinski definition) is 3. The van der Waals surface area contributed by atoms with E-state index >= 15 is 0 Å². The van der Waals surface area contributed by atoms with Gasteiger partial charge in [-0.25, -0.2) is 4.79 Å². The Morgan fingerprint density at radius 1 is 1.47 bits per heavy atom. The first-order valence-electron chi connectivity index (χ1n) is 4.91. The van der Waals surface area contributed by atoms with Crippen LogP contribution >= 0.6 is 22.6 Å². The maximum Gasteiger partial charge on any atom is 0.339 e. The fraction of sp³-hybridized carbons (Fsp3) is 0.273. The van der Waals surface area contributed by atoms with Crippen LogP contribution in [0.2, 0.25) is 0 Å². The molecule has 1 amide bonds. The molecule has 0 radical (unpaired) electrons. The number of hydrogen-bond donors (Lipinski definition) is 2. The van der Waals surface area contributed by atoms with E-state index in [0.717, 1.165) is 3.57 Å². The van der Waals surface area contributed by atoms with Crippen LogP contribution in [0.3, 0.4) is 0 Å². The molecular formula is C11H12INO4. The van der Waals surface area contributed by atoms with Crippen molar-refractivity contribution in [2.45, 2.75) is 6.92 Å². The van der Waals surface area contributed by atoms with Crippen LogP contribution in [0.4, 0.5) is 0 Å². The summed E-state index contributed by atoms with van der Waals surface area (Å²) in [5, 5.41) is 11.5. The predicted molar refractivity (Wildman–Crippen MR) is 70.3 cm³/mol. The van der Waals surface area contributed by atoms with Gasteiger partial charge < -0.3 is 15.2 Å². The number of benzene rings is 1. The minimum absolute atomic E-state index is 0.125. The molecule has 0 saturated heterocycles. The van der Waals surface area contributed by atoms with Crippen molar-refractivity contribution in [1.29, 1.82) is 0 Å². The zero-order valence-electron chi connectivity index (χ0n) is 9.20. The van der Waals surface area contributed by atoms with Crippen molar-refractivity contribution in [2.24, 2.45) is 0 Å². The Bertz CT molecular complexity index is 433. The Labute approximate surface area is 112 Å². The van der Waals surface area contributed by atoms with Gasteiger partial charge in [0, 0.05) is 10.5 Å². The van der Waals surface area contributed by atoms with Gasteiger partial charge in [0.05, 0.1) is 6.54 Å². The summed E-state index contributed by atoms with van der Waals surface area (Å²) in [6.45, 7) is 1.99. The van der Waals surface area contributed by atoms with Gasteiger partial charge in [-0.3, -0.25) is 4.79 Å². The molecule has 0 unspecified atom stereocenters. The summed E-state index contributed by atoms with van der Waals surface area (Å²) in [7, 11) is 0. The van der Waals surface area contributed by atoms with Gasteiger partial charge in [-0.15, -0.1) is 0 Å². The lowest BCUT2D eigenvalue weighted by molar-refractivity contribution is -0.119. The van der Waals surface area contributed by atoms with Crippen LogP contribution in [-0.4, -0.2) is 30.1 Å². The van der Waals surface area contributed by atoms with Gasteiger partial charge in [-0.2, -0.15) is 0 Å². The Morgan fingerprint density at radius 3 is 2.76 bits per heavy atom. The van der Waals surface area contributed by atoms with E-state index in [1.165, 1.54) is 13.0 Å². The molecule has 2 N–H and O–H groups in total. The van der Waals surface area contributed by atoms with Crippen LogP contribution in [0.25, 0.3) is 0 Å². The second kappa shape index (κ2) is 6.43. The smallest absolute Gasteiger partial charge is 0.339 e. The second-order valence-electron chi connectivity index (χ2n) is 3.28. The summed E-state index contributed by atoms with van der Waals surface area (Å²) >= 11 is 2.03. The van der Waals surface area contributed by atoms with Crippen LogP contribution in [-0.2, 0) is 4.79 Å². The number of ether oxygens (including phenoxy) is 1. The van der Waals surface area contributed by atoms with Crippen LogP contribution in [0.15, 0.2) is 18.2 Å². The normalized spacial score (nSPS) is 9.76. The highest BCUT2D eigenvalue weighted by Gasteiger charge is 2.11. The monoisotopic (exact) mass is 349 g/mol. The quantitative estimate of drug-likeness (QED) is 0.624. The van der Waals surface area contributed by atoms with Crippen molar-refractivity contribution in [3.05, 3.63) is 27.3 Å². The molecule has 1 rings (SSSR count). The number of carbonyl (C=O) groups is 2. The molecule has 0 bridgehead atoms. The molecular weight excluding hydrogens is 337 g/mol. The molecule has 0 saturated carbocycles. The van der Waals surface area contributed by atoms with E-state index in [0.29, 0.717) is 12.3 Å². The van der Waals surface area contributed by atoms with Gasteiger partial charge in [0.1, 0.15) is 17.9 Å². The average molecular weight is 349 g/mol. The molecule has 1 aromatic carbocycles. The summed E-state index contributed by atoms with van der Waals surface area (Å²) in [5.41, 5.74) is 0.125. The van der Waals surface area contributed by atoms with Gasteiger partial charge in [-0.05, 0) is 40.8 Å². The minimum Gasteiger partial charge on any atom is -0.491 e. The molecule has 0 aliphatic heterocycles. The lowest BCUT2D eigenvalue weighted by Crippen LogP contribution is -2.25. The summed E-state index contributed by atoms with van der Waals surface area (Å²) in [4.78, 5) is 21.6. The summed E-state index contributed by atoms with van der Waals surface area (Å²) in [5.74, 6) is -0.865. The first-order valence-corrected chi connectivity index (χ1v) is 5.98. The number of carbonyl (C=O) groups excluding carboxylic acids is 1. The van der Waals surface area contributed by atoms with Crippen molar-refractivity contribution in [1.82, 2.24) is 5.32 Å². The molecule has 0 aliphatic carbocycles. The van der Waals surface area contributed by atoms with Gasteiger partial charge in [-0.1, -0.05) is 0 Å². The molecule has 5 nitrogen and oxygen atoms in total. The Hall–Kier alpha value is -1.31. The maximum atomic E-state index is 11.0. The van der Waals surface area contributed by atoms with Crippen molar-refractivity contribution >= 4 is 34.5 Å². The number of aromatic carboxylic acids is 1. The molecule has 92 valence electrons. The summed E-state index contributed by atoms with van der Waals surface area (Å²) in [6.07, 6.45) is 0. The maximum absolute atomic E-state index is 11.0. The lowest BCUT2D eigenvalue weighted by atomic mass is 10.2. The van der Waals surface area contributed by atoms with Crippen molar-refractivity contribution < 1.29 is 19.4 Å². The van der Waals surface area contributed by atoms with Gasteiger partial charge in [0.2, 0.25) is 5.91 Å². The third-order valence-electron chi connectivity index (χ3n) is 1.91. The van der Waals surface area contributed by atoms with Gasteiger partial charge in [0.25, 0.3) is 0 Å². The standard InChI is InChI=1S/C11H12INO4/c1-7(14)13-4-5-17-10-3-2-8(12)6-9(10)11(15)16/h2-3,6H,4-5H2,1H3,(H,13,14)(H,15,16). The topological polar surface area (TPSA) is 75.6 Å². The highest BCUT2D eigenvalue weighted by atomic mass is 127. The summed E-state index contributed by atoms with van der Waals surface area (Å²) in [6, 6.07) is 4.91. The Kier molecular flexibility index (Phi) is 5.20. The molecule has 0 fully saturated rings. The van der Waals surface area contributed by atoms with E-state index in [1.807, 2.05) is 22.6 Å². The summed E-state index contributed by atoms with van der Waals surface area (Å²) < 4.78 is 6.13. The van der Waals surface area contributed by atoms with E-state index in [2.05, 4.69) is 5.32 Å². The predicted octanol–water partition coefficient (Wildman–Crippen LogP) is 1.50. The number of nitrogens with one attached hydrogen (secondary N) is 1. The fourth-order valence-corrected chi connectivity index (χ4v) is 1.67. The number of rotatable bonds is 5. The van der Waals surface area contributed by atoms with Crippen molar-refractivity contribution in [3.8, 4) is 5.75 Å². The van der Waals surface area contributed by atoms with Gasteiger partial charge in [0.15, 0.2) is 0 Å². The molecule has 1 aromatic rings. The molecule has 6 heteroatoms. The van der Waals surface area contributed by atoms with Crippen LogP contribution in [0.1, 0.15) is 17.3 Å². The molecule has 0 heterocycles. The molecule has 0 aliphatic rings. The van der Waals surface area contributed by atoms with E-state index in [9.17, 15) is 9.59 Å². The van der Waals surface area contributed by atoms with Crippen molar-refractivity contribution in [3.63, 3.8) is 0 Å². The highest BCUT2D eigenvalue weighted by molar-refractivity contribution is 14.1. The van der Waals surface area contributed by atoms with Crippen LogP contribution in [0, 0.1) is 3.57 Å². The minimum atomic E-state index is -1.03. The Morgan fingerprint density at radius 2 is 2.18 bits per heavy atom. The van der Waals surface area contributed by atoms with E-state index < -0.39 is 5.97 Å². The van der Waals surface area contributed by atoms with E-state index in [1.54, 1.807) is 12.1 Å². The molecule has 17 heavy (non-hydrogen) atoms. The Balaban J connectivity index is 2.64. The molecule has 0 atom stereocenters. The SMILES string of the molecule is CC(=O)NCCOc1ccc(I)cc1C(=O)O. The zero-order valence-corrected chi connectivity index (χ0v) is 11.4. The molecule has 0 aromatic heterocycles. The van der Waals surface area contributed by atoms with Crippen LogP contribution < -0.4 is 10.1 Å². The van der Waals surface area contributed by atoms with E-state index in [-0.39, 0.29) is 18.1 Å². The number of carboxylic acid groups (broad SMARTS) is 1. The third-order valence-corrected chi connectivity index (χ3v) is 2.58. The number of amides is 1. The van der Waals surface area contributed by atoms with Crippen molar-refractivity contribution in [2.75, 3.05) is 13.2 Å². The van der Waals surface area contributed by atoms with Crippen LogP contribution in [0.5, 0.6) is 5.75 Å². The lowest BCUT2D eigenvalue weighted by Gasteiger charge is -2.09. The van der Waals surface area contributed by atoms with Gasteiger partial charge >= 0.3 is 5.97 Å². The second-order valence-corrected chi connectivity index (χ2v) is 4.52. The largest absolute Gasteiger partial charge is 0.491 e. The number of carboxylic acids is 1. The first kappa shape index (κ1) is 13.8. The highest BCUT2D eigenvalue weighted by Crippen LogP contribution is 2.21. The first-order chi connectivity index (χ1) is 8.00. The zero-order chi connectivity index (χ0) is 12.8. The van der Waals surface area contributed by atoms with E-state index in [4.69, 9.17) is 9.84 Å². The number of halogens is 1.